The Labute approximate surface area is 122 Å². The summed E-state index contributed by atoms with van der Waals surface area (Å²) >= 11 is 0. The van der Waals surface area contributed by atoms with Gasteiger partial charge in [0.25, 0.3) is 0 Å². The molecule has 0 heterocycles. The maximum atomic E-state index is 11.6. The predicted octanol–water partition coefficient (Wildman–Crippen LogP) is 2.08. The highest BCUT2D eigenvalue weighted by Gasteiger charge is 2.20. The zero-order valence-corrected chi connectivity index (χ0v) is 13.6. The SMILES string of the molecule is CC(C)OCCOCCOCCOCC(=O)C(C)(C)C. The lowest BCUT2D eigenvalue weighted by molar-refractivity contribution is -0.131. The van der Waals surface area contributed by atoms with Crippen LogP contribution in [-0.2, 0) is 23.7 Å². The largest absolute Gasteiger partial charge is 0.377 e. The number of rotatable bonds is 12. The summed E-state index contributed by atoms with van der Waals surface area (Å²) in [6.45, 7) is 13.0. The molecule has 0 aromatic rings. The van der Waals surface area contributed by atoms with E-state index in [0.717, 1.165) is 0 Å². The molecule has 0 N–H and O–H groups in total. The van der Waals surface area contributed by atoms with Gasteiger partial charge in [0.2, 0.25) is 0 Å². The van der Waals surface area contributed by atoms with E-state index in [0.29, 0.717) is 39.6 Å². The Bertz CT molecular complexity index is 245. The van der Waals surface area contributed by atoms with Gasteiger partial charge in [0.1, 0.15) is 6.61 Å². The van der Waals surface area contributed by atoms with Crippen LogP contribution in [-0.4, -0.2) is 58.1 Å². The molecule has 5 heteroatoms. The normalized spacial score (nSPS) is 12.1. The fourth-order valence-electron chi connectivity index (χ4n) is 1.16. The first-order valence-electron chi connectivity index (χ1n) is 7.22. The molecule has 0 aromatic carbocycles. The molecule has 0 rings (SSSR count). The van der Waals surface area contributed by atoms with Gasteiger partial charge >= 0.3 is 0 Å². The van der Waals surface area contributed by atoms with Crippen molar-refractivity contribution in [2.75, 3.05) is 46.2 Å². The van der Waals surface area contributed by atoms with E-state index in [1.165, 1.54) is 0 Å². The van der Waals surface area contributed by atoms with Crippen molar-refractivity contribution in [2.24, 2.45) is 5.41 Å². The second-order valence-corrected chi connectivity index (χ2v) is 5.87. The lowest BCUT2D eigenvalue weighted by Crippen LogP contribution is -2.25. The van der Waals surface area contributed by atoms with E-state index in [1.807, 2.05) is 34.6 Å². The Morgan fingerprint density at radius 3 is 1.75 bits per heavy atom. The second kappa shape index (κ2) is 11.2. The summed E-state index contributed by atoms with van der Waals surface area (Å²) in [6.07, 6.45) is 0.239. The fraction of sp³-hybridized carbons (Fsp3) is 0.933. The quantitative estimate of drug-likeness (QED) is 0.515. The Kier molecular flexibility index (Phi) is 10.9. The Morgan fingerprint density at radius 1 is 0.850 bits per heavy atom. The van der Waals surface area contributed by atoms with Crippen LogP contribution < -0.4 is 0 Å². The van der Waals surface area contributed by atoms with Crippen LogP contribution in [0.5, 0.6) is 0 Å². The highest BCUT2D eigenvalue weighted by atomic mass is 16.6. The Morgan fingerprint density at radius 2 is 1.30 bits per heavy atom. The molecule has 0 aromatic heterocycles. The standard InChI is InChI=1S/C15H30O5/c1-13(2)20-11-10-18-7-6-17-8-9-19-12-14(16)15(3,4)5/h13H,6-12H2,1-5H3. The minimum Gasteiger partial charge on any atom is -0.377 e. The van der Waals surface area contributed by atoms with Gasteiger partial charge in [-0.3, -0.25) is 4.79 Å². The minimum atomic E-state index is -0.341. The highest BCUT2D eigenvalue weighted by Crippen LogP contribution is 2.14. The average Bonchev–Trinajstić information content (AvgIpc) is 2.34. The molecule has 0 radical (unpaired) electrons. The molecule has 5 nitrogen and oxygen atoms in total. The second-order valence-electron chi connectivity index (χ2n) is 5.87. The predicted molar refractivity (Wildman–Crippen MR) is 78.0 cm³/mol. The molecule has 0 saturated heterocycles. The zero-order valence-electron chi connectivity index (χ0n) is 13.6. The molecule has 20 heavy (non-hydrogen) atoms. The van der Waals surface area contributed by atoms with Crippen LogP contribution in [0.25, 0.3) is 0 Å². The number of ketones is 1. The zero-order chi connectivity index (χ0) is 15.4. The number of hydrogen-bond acceptors (Lipinski definition) is 5. The van der Waals surface area contributed by atoms with E-state index >= 15 is 0 Å². The summed E-state index contributed by atoms with van der Waals surface area (Å²) in [5, 5.41) is 0. The van der Waals surface area contributed by atoms with Crippen molar-refractivity contribution >= 4 is 5.78 Å². The molecule has 0 bridgehead atoms. The van der Waals surface area contributed by atoms with Crippen LogP contribution in [0.15, 0.2) is 0 Å². The van der Waals surface area contributed by atoms with Gasteiger partial charge in [-0.15, -0.1) is 0 Å². The molecule has 0 saturated carbocycles. The minimum absolute atomic E-state index is 0.103. The van der Waals surface area contributed by atoms with Crippen molar-refractivity contribution in [3.05, 3.63) is 0 Å². The van der Waals surface area contributed by atoms with E-state index in [2.05, 4.69) is 0 Å². The smallest absolute Gasteiger partial charge is 0.163 e. The molecule has 0 unspecified atom stereocenters. The summed E-state index contributed by atoms with van der Waals surface area (Å²) < 4.78 is 21.2. The third-order valence-electron chi connectivity index (χ3n) is 2.49. The van der Waals surface area contributed by atoms with Gasteiger partial charge < -0.3 is 18.9 Å². The summed E-state index contributed by atoms with van der Waals surface area (Å²) in [4.78, 5) is 11.6. The number of carbonyl (C=O) groups is 1. The van der Waals surface area contributed by atoms with Gasteiger partial charge in [0.15, 0.2) is 5.78 Å². The number of hydrogen-bond donors (Lipinski definition) is 0. The topological polar surface area (TPSA) is 54.0 Å². The number of ether oxygens (including phenoxy) is 4. The lowest BCUT2D eigenvalue weighted by Gasteiger charge is -2.16. The third-order valence-corrected chi connectivity index (χ3v) is 2.49. The molecule has 0 aliphatic rings. The van der Waals surface area contributed by atoms with Gasteiger partial charge in [-0.05, 0) is 13.8 Å². The first-order valence-corrected chi connectivity index (χ1v) is 7.22. The fourth-order valence-corrected chi connectivity index (χ4v) is 1.16. The molecule has 0 amide bonds. The molecular weight excluding hydrogens is 260 g/mol. The highest BCUT2D eigenvalue weighted by molar-refractivity contribution is 5.84. The van der Waals surface area contributed by atoms with Crippen LogP contribution in [0.4, 0.5) is 0 Å². The molecule has 0 aliphatic heterocycles. The maximum absolute atomic E-state index is 11.6. The third kappa shape index (κ3) is 12.5. The lowest BCUT2D eigenvalue weighted by atomic mass is 9.91. The van der Waals surface area contributed by atoms with Crippen LogP contribution in [0.3, 0.4) is 0 Å². The van der Waals surface area contributed by atoms with Gasteiger partial charge in [-0.2, -0.15) is 0 Å². The molecule has 0 fully saturated rings. The van der Waals surface area contributed by atoms with E-state index in [1.54, 1.807) is 0 Å². The Balaban J connectivity index is 3.20. The van der Waals surface area contributed by atoms with Crippen LogP contribution >= 0.6 is 0 Å². The van der Waals surface area contributed by atoms with Crippen molar-refractivity contribution in [3.63, 3.8) is 0 Å². The van der Waals surface area contributed by atoms with Crippen molar-refractivity contribution in [3.8, 4) is 0 Å². The maximum Gasteiger partial charge on any atom is 0.163 e. The molecular formula is C15H30O5. The van der Waals surface area contributed by atoms with Crippen LogP contribution in [0.2, 0.25) is 0 Å². The number of carbonyl (C=O) groups excluding carboxylic acids is 1. The monoisotopic (exact) mass is 290 g/mol. The molecule has 0 aliphatic carbocycles. The van der Waals surface area contributed by atoms with Gasteiger partial charge in [0, 0.05) is 5.41 Å². The molecule has 0 atom stereocenters. The van der Waals surface area contributed by atoms with Crippen LogP contribution in [0, 0.1) is 5.41 Å². The van der Waals surface area contributed by atoms with E-state index in [9.17, 15) is 4.79 Å². The van der Waals surface area contributed by atoms with Gasteiger partial charge in [0.05, 0.1) is 45.7 Å². The summed E-state index contributed by atoms with van der Waals surface area (Å²) in [7, 11) is 0. The molecule has 120 valence electrons. The van der Waals surface area contributed by atoms with Crippen molar-refractivity contribution in [1.82, 2.24) is 0 Å². The van der Waals surface area contributed by atoms with E-state index in [-0.39, 0.29) is 23.9 Å². The summed E-state index contributed by atoms with van der Waals surface area (Å²) in [5.41, 5.74) is -0.341. The molecule has 0 spiro atoms. The van der Waals surface area contributed by atoms with Gasteiger partial charge in [-0.1, -0.05) is 20.8 Å². The Hall–Kier alpha value is -0.490. The summed E-state index contributed by atoms with van der Waals surface area (Å²) in [6, 6.07) is 0. The van der Waals surface area contributed by atoms with E-state index < -0.39 is 0 Å². The first-order chi connectivity index (χ1) is 9.34. The van der Waals surface area contributed by atoms with Gasteiger partial charge in [-0.25, -0.2) is 0 Å². The number of Topliss-reactive ketones (excluding diaryl/α,β-unsaturated/α-hetero) is 1. The van der Waals surface area contributed by atoms with Crippen LogP contribution in [0.1, 0.15) is 34.6 Å². The summed E-state index contributed by atoms with van der Waals surface area (Å²) in [5.74, 6) is 0.103. The first kappa shape index (κ1) is 19.5. The average molecular weight is 290 g/mol. The van der Waals surface area contributed by atoms with Crippen molar-refractivity contribution in [1.29, 1.82) is 0 Å². The van der Waals surface area contributed by atoms with Crippen molar-refractivity contribution in [2.45, 2.75) is 40.7 Å². The van der Waals surface area contributed by atoms with E-state index in [4.69, 9.17) is 18.9 Å². The van der Waals surface area contributed by atoms with Crippen molar-refractivity contribution < 1.29 is 23.7 Å².